The second-order valence-corrected chi connectivity index (χ2v) is 3.71. The van der Waals surface area contributed by atoms with Crippen LogP contribution in [0, 0.1) is 0 Å². The number of aryl methyl sites for hydroxylation is 1. The van der Waals surface area contributed by atoms with Crippen molar-refractivity contribution in [3.8, 4) is 0 Å². The van der Waals surface area contributed by atoms with Gasteiger partial charge in [-0.25, -0.2) is 4.98 Å². The van der Waals surface area contributed by atoms with Gasteiger partial charge in [-0.3, -0.25) is 0 Å². The first-order chi connectivity index (χ1) is 6.75. The van der Waals surface area contributed by atoms with Crippen LogP contribution in [-0.2, 0) is 6.42 Å². The van der Waals surface area contributed by atoms with Crippen LogP contribution in [0.25, 0.3) is 5.65 Å². The molecule has 1 atom stereocenters. The molecule has 14 heavy (non-hydrogen) atoms. The largest absolute Gasteiger partial charge is 0.328 e. The van der Waals surface area contributed by atoms with Crippen LogP contribution in [-0.4, -0.2) is 15.4 Å². The Morgan fingerprint density at radius 1 is 1.50 bits per heavy atom. The van der Waals surface area contributed by atoms with Crippen molar-refractivity contribution >= 4 is 5.65 Å². The molecule has 0 unspecified atom stereocenters. The van der Waals surface area contributed by atoms with E-state index in [1.54, 1.807) is 0 Å². The highest BCUT2D eigenvalue weighted by molar-refractivity contribution is 5.39. The summed E-state index contributed by atoms with van der Waals surface area (Å²) in [7, 11) is 0. The Labute approximate surface area is 83.6 Å². The summed E-state index contributed by atoms with van der Waals surface area (Å²) in [4.78, 5) is 4.49. The van der Waals surface area contributed by atoms with Crippen LogP contribution in [0.4, 0.5) is 0 Å². The summed E-state index contributed by atoms with van der Waals surface area (Å²) in [6, 6.07) is 6.26. The Hall–Kier alpha value is -1.35. The number of nitrogens with zero attached hydrogens (tertiary/aromatic N) is 2. The molecule has 0 aliphatic rings. The average Bonchev–Trinajstić information content (AvgIpc) is 2.57. The van der Waals surface area contributed by atoms with Crippen LogP contribution in [0.1, 0.15) is 19.0 Å². The van der Waals surface area contributed by atoms with E-state index in [1.165, 1.54) is 0 Å². The van der Waals surface area contributed by atoms with E-state index in [0.717, 1.165) is 24.2 Å². The first-order valence-corrected chi connectivity index (χ1v) is 4.94. The lowest BCUT2D eigenvalue weighted by molar-refractivity contribution is 0.660. The summed E-state index contributed by atoms with van der Waals surface area (Å²) >= 11 is 0. The first kappa shape index (κ1) is 9.21. The van der Waals surface area contributed by atoms with Crippen LogP contribution < -0.4 is 5.73 Å². The first-order valence-electron chi connectivity index (χ1n) is 4.94. The number of hydrogen-bond donors (Lipinski definition) is 1. The number of imidazole rings is 1. The highest BCUT2D eigenvalue weighted by atomic mass is 15.0. The molecule has 3 heteroatoms. The SMILES string of the molecule is C[C@@H](N)CCc1cn2ccccc2n1. The Kier molecular flexibility index (Phi) is 2.50. The fourth-order valence-corrected chi connectivity index (χ4v) is 1.48. The van der Waals surface area contributed by atoms with Crippen LogP contribution in [0.3, 0.4) is 0 Å². The molecule has 0 saturated heterocycles. The summed E-state index contributed by atoms with van der Waals surface area (Å²) in [5, 5.41) is 0. The van der Waals surface area contributed by atoms with Crippen LogP contribution in [0.2, 0.25) is 0 Å². The van der Waals surface area contributed by atoms with Crippen LogP contribution in [0.15, 0.2) is 30.6 Å². The maximum Gasteiger partial charge on any atom is 0.136 e. The summed E-state index contributed by atoms with van der Waals surface area (Å²) in [5.41, 5.74) is 7.83. The van der Waals surface area contributed by atoms with Gasteiger partial charge in [0.25, 0.3) is 0 Å². The minimum atomic E-state index is 0.250. The van der Waals surface area contributed by atoms with E-state index in [0.29, 0.717) is 0 Å². The van der Waals surface area contributed by atoms with E-state index in [1.807, 2.05) is 35.7 Å². The zero-order valence-electron chi connectivity index (χ0n) is 8.35. The highest BCUT2D eigenvalue weighted by Crippen LogP contribution is 2.06. The Balaban J connectivity index is 2.19. The predicted molar refractivity (Wildman–Crippen MR) is 57.2 cm³/mol. The minimum absolute atomic E-state index is 0.250. The Morgan fingerprint density at radius 2 is 2.36 bits per heavy atom. The third-order valence-corrected chi connectivity index (χ3v) is 2.27. The van der Waals surface area contributed by atoms with Crippen molar-refractivity contribution in [1.29, 1.82) is 0 Å². The molecule has 0 radical (unpaired) electrons. The smallest absolute Gasteiger partial charge is 0.136 e. The van der Waals surface area contributed by atoms with Gasteiger partial charge in [0.05, 0.1) is 5.69 Å². The predicted octanol–water partition coefficient (Wildman–Crippen LogP) is 1.61. The third-order valence-electron chi connectivity index (χ3n) is 2.27. The molecule has 2 heterocycles. The maximum absolute atomic E-state index is 5.70. The van der Waals surface area contributed by atoms with E-state index in [2.05, 4.69) is 11.2 Å². The maximum atomic E-state index is 5.70. The molecular weight excluding hydrogens is 174 g/mol. The van der Waals surface area contributed by atoms with Crippen molar-refractivity contribution in [3.05, 3.63) is 36.3 Å². The summed E-state index contributed by atoms with van der Waals surface area (Å²) in [5.74, 6) is 0. The summed E-state index contributed by atoms with van der Waals surface area (Å²) < 4.78 is 2.04. The number of rotatable bonds is 3. The number of fused-ring (bicyclic) bond motifs is 1. The van der Waals surface area contributed by atoms with Crippen molar-refractivity contribution in [2.75, 3.05) is 0 Å². The van der Waals surface area contributed by atoms with E-state index in [4.69, 9.17) is 5.73 Å². The summed E-state index contributed by atoms with van der Waals surface area (Å²) in [6.45, 7) is 2.02. The molecule has 0 amide bonds. The minimum Gasteiger partial charge on any atom is -0.328 e. The number of nitrogens with two attached hydrogens (primary N) is 1. The fourth-order valence-electron chi connectivity index (χ4n) is 1.48. The molecule has 0 spiro atoms. The lowest BCUT2D eigenvalue weighted by Crippen LogP contribution is -2.15. The molecule has 2 N–H and O–H groups in total. The van der Waals surface area contributed by atoms with Crippen molar-refractivity contribution in [3.63, 3.8) is 0 Å². The van der Waals surface area contributed by atoms with Gasteiger partial charge in [-0.1, -0.05) is 6.07 Å². The van der Waals surface area contributed by atoms with E-state index < -0.39 is 0 Å². The Bertz CT molecular complexity index is 384. The third kappa shape index (κ3) is 1.93. The van der Waals surface area contributed by atoms with E-state index in [-0.39, 0.29) is 6.04 Å². The molecule has 0 saturated carbocycles. The topological polar surface area (TPSA) is 43.3 Å². The van der Waals surface area contributed by atoms with Crippen molar-refractivity contribution in [2.24, 2.45) is 5.73 Å². The molecule has 2 aromatic heterocycles. The van der Waals surface area contributed by atoms with Crippen LogP contribution >= 0.6 is 0 Å². The lowest BCUT2D eigenvalue weighted by Gasteiger charge is -2.00. The van der Waals surface area contributed by atoms with E-state index in [9.17, 15) is 0 Å². The van der Waals surface area contributed by atoms with Gasteiger partial charge in [-0.15, -0.1) is 0 Å². The lowest BCUT2D eigenvalue weighted by atomic mass is 10.2. The number of aromatic nitrogens is 2. The van der Waals surface area contributed by atoms with Crippen LogP contribution in [0.5, 0.6) is 0 Å². The van der Waals surface area contributed by atoms with Crippen molar-refractivity contribution in [1.82, 2.24) is 9.38 Å². The quantitative estimate of drug-likeness (QED) is 0.797. The van der Waals surface area contributed by atoms with Crippen molar-refractivity contribution in [2.45, 2.75) is 25.8 Å². The molecule has 0 aliphatic carbocycles. The molecular formula is C11H15N3. The molecule has 2 aromatic rings. The van der Waals surface area contributed by atoms with Gasteiger partial charge in [-0.2, -0.15) is 0 Å². The molecule has 74 valence electrons. The van der Waals surface area contributed by atoms with E-state index >= 15 is 0 Å². The zero-order valence-corrected chi connectivity index (χ0v) is 8.35. The summed E-state index contributed by atoms with van der Waals surface area (Å²) in [6.07, 6.45) is 6.03. The molecule has 3 nitrogen and oxygen atoms in total. The number of pyridine rings is 1. The highest BCUT2D eigenvalue weighted by Gasteiger charge is 2.01. The zero-order chi connectivity index (χ0) is 9.97. The van der Waals surface area contributed by atoms with Gasteiger partial charge in [0, 0.05) is 18.4 Å². The Morgan fingerprint density at radius 3 is 3.07 bits per heavy atom. The standard InChI is InChI=1S/C11H15N3/c1-9(12)5-6-10-8-14-7-3-2-4-11(14)13-10/h2-4,7-9H,5-6,12H2,1H3/t9-/m1/s1. The molecule has 0 bridgehead atoms. The van der Waals surface area contributed by atoms with Gasteiger partial charge < -0.3 is 10.1 Å². The van der Waals surface area contributed by atoms with Gasteiger partial charge >= 0.3 is 0 Å². The van der Waals surface area contributed by atoms with Gasteiger partial charge in [-0.05, 0) is 31.9 Å². The average molecular weight is 189 g/mol. The normalized spacial score (nSPS) is 13.3. The molecule has 0 fully saturated rings. The molecule has 0 aromatic carbocycles. The monoisotopic (exact) mass is 189 g/mol. The van der Waals surface area contributed by atoms with Gasteiger partial charge in [0.2, 0.25) is 0 Å². The second kappa shape index (κ2) is 3.80. The molecule has 0 aliphatic heterocycles. The second-order valence-electron chi connectivity index (χ2n) is 3.71. The van der Waals surface area contributed by atoms with Gasteiger partial charge in [0.15, 0.2) is 0 Å². The fraction of sp³-hybridized carbons (Fsp3) is 0.364. The van der Waals surface area contributed by atoms with Crippen molar-refractivity contribution < 1.29 is 0 Å². The molecule has 2 rings (SSSR count). The number of hydrogen-bond acceptors (Lipinski definition) is 2. The van der Waals surface area contributed by atoms with Gasteiger partial charge in [0.1, 0.15) is 5.65 Å².